The third-order valence-electron chi connectivity index (χ3n) is 7.15. The average Bonchev–Trinajstić information content (AvgIpc) is 2.69. The van der Waals surface area contributed by atoms with E-state index in [1.807, 2.05) is 0 Å². The molecule has 1 aromatic rings. The van der Waals surface area contributed by atoms with Crippen LogP contribution >= 0.6 is 0 Å². The van der Waals surface area contributed by atoms with Crippen LogP contribution in [0.25, 0.3) is 0 Å². The van der Waals surface area contributed by atoms with Crippen molar-refractivity contribution in [3.05, 3.63) is 34.9 Å². The smallest absolute Gasteiger partial charge is 0.235 e. The van der Waals surface area contributed by atoms with Gasteiger partial charge in [0, 0.05) is 17.4 Å². The van der Waals surface area contributed by atoms with Crippen molar-refractivity contribution >= 4 is 28.9 Å². The average molecular weight is 443 g/mol. The van der Waals surface area contributed by atoms with E-state index in [4.69, 9.17) is 11.5 Å². The molecule has 3 aliphatic carbocycles. The molecule has 4 rings (SSSR count). The minimum atomic E-state index is -2.49. The Morgan fingerprint density at radius 3 is 2.38 bits per heavy atom. The highest BCUT2D eigenvalue weighted by Crippen LogP contribution is 2.53. The van der Waals surface area contributed by atoms with Crippen molar-refractivity contribution in [1.29, 1.82) is 0 Å². The molecule has 0 heterocycles. The van der Waals surface area contributed by atoms with Gasteiger partial charge >= 0.3 is 0 Å². The monoisotopic (exact) mass is 443 g/mol. The van der Waals surface area contributed by atoms with Crippen molar-refractivity contribution in [2.45, 2.75) is 30.6 Å². The number of Topliss-reactive ketones (excluding diaryl/α,β-unsaturated/α-hetero) is 3. The molecule has 1 saturated carbocycles. The molecule has 0 radical (unpaired) electrons. The first-order chi connectivity index (χ1) is 14.8. The fourth-order valence-corrected chi connectivity index (χ4v) is 5.67. The maximum Gasteiger partial charge on any atom is 0.235 e. The van der Waals surface area contributed by atoms with Gasteiger partial charge in [-0.05, 0) is 37.7 Å². The number of carbonyl (C=O) groups is 4. The van der Waals surface area contributed by atoms with E-state index < -0.39 is 70.4 Å². The number of phenolic OH excluding ortho intramolecular Hbond substituents is 1. The number of nitrogens with two attached hydrogens (primary N) is 2. The number of aliphatic hydroxyl groups is 2. The van der Waals surface area contributed by atoms with Gasteiger partial charge in [-0.1, -0.05) is 13.0 Å². The number of hydrogen-bond donors (Lipinski definition) is 5. The molecule has 3 aliphatic rings. The van der Waals surface area contributed by atoms with Gasteiger partial charge in [0.25, 0.3) is 0 Å². The number of carbonyl (C=O) groups excluding carboxylic acids is 4. The number of phenols is 1. The van der Waals surface area contributed by atoms with E-state index in [-0.39, 0.29) is 16.8 Å². The number of aliphatic hydroxyl groups excluding tert-OH is 1. The molecule has 0 aromatic heterocycles. The van der Waals surface area contributed by atoms with Gasteiger partial charge in [-0.25, -0.2) is 0 Å². The molecule has 1 amide bonds. The van der Waals surface area contributed by atoms with Gasteiger partial charge in [0.1, 0.15) is 11.4 Å². The lowest BCUT2D eigenvalue weighted by molar-refractivity contribution is -0.174. The van der Waals surface area contributed by atoms with Crippen LogP contribution < -0.4 is 11.5 Å². The summed E-state index contributed by atoms with van der Waals surface area (Å²) in [4.78, 5) is 52.9. The van der Waals surface area contributed by atoms with Gasteiger partial charge in [-0.15, -0.1) is 0 Å². The zero-order valence-corrected chi connectivity index (χ0v) is 17.8. The minimum Gasteiger partial charge on any atom is -0.505 e. The van der Waals surface area contributed by atoms with E-state index in [0.29, 0.717) is 5.56 Å². The number of rotatable bonds is 2. The lowest BCUT2D eigenvalue weighted by atomic mass is 9.54. The number of ketones is 3. The van der Waals surface area contributed by atoms with Crippen molar-refractivity contribution in [1.82, 2.24) is 4.90 Å². The first-order valence-corrected chi connectivity index (χ1v) is 10.2. The maximum atomic E-state index is 13.3. The van der Waals surface area contributed by atoms with Crippen LogP contribution in [0.5, 0.6) is 5.75 Å². The number of likely N-dealkylation sites (N-methyl/N-ethyl adjacent to an activating group) is 1. The van der Waals surface area contributed by atoms with Gasteiger partial charge in [-0.3, -0.25) is 24.1 Å². The second kappa shape index (κ2) is 6.96. The molecule has 32 heavy (non-hydrogen) atoms. The second-order valence-electron chi connectivity index (χ2n) is 9.06. The van der Waals surface area contributed by atoms with E-state index in [1.165, 1.54) is 25.1 Å². The van der Waals surface area contributed by atoms with E-state index >= 15 is 0 Å². The second-order valence-corrected chi connectivity index (χ2v) is 9.06. The Balaban J connectivity index is 1.98. The molecule has 0 aliphatic heterocycles. The molecule has 1 aromatic carbocycles. The normalized spacial score (nSPS) is 36.3. The Hall–Kier alpha value is -3.08. The van der Waals surface area contributed by atoms with E-state index in [9.17, 15) is 34.5 Å². The van der Waals surface area contributed by atoms with Crippen LogP contribution in [0.1, 0.15) is 28.8 Å². The molecular formula is C22H25N3O7. The van der Waals surface area contributed by atoms with Crippen LogP contribution in [0.3, 0.4) is 0 Å². The zero-order chi connectivity index (χ0) is 23.9. The molecule has 7 atom stereocenters. The Bertz CT molecular complexity index is 1110. The summed E-state index contributed by atoms with van der Waals surface area (Å²) in [6.45, 7) is 1.73. The molecule has 7 N–H and O–H groups in total. The van der Waals surface area contributed by atoms with Crippen molar-refractivity contribution < 1.29 is 34.5 Å². The van der Waals surface area contributed by atoms with Gasteiger partial charge in [0.15, 0.2) is 23.3 Å². The highest BCUT2D eigenvalue weighted by atomic mass is 16.3. The Morgan fingerprint density at radius 2 is 1.81 bits per heavy atom. The molecule has 0 saturated heterocycles. The fraction of sp³-hybridized carbons (Fsp3) is 0.455. The van der Waals surface area contributed by atoms with Gasteiger partial charge in [0.05, 0.1) is 23.4 Å². The van der Waals surface area contributed by atoms with Crippen LogP contribution in [0.4, 0.5) is 5.69 Å². The number of nitrogen functional groups attached to an aromatic ring is 1. The number of anilines is 1. The van der Waals surface area contributed by atoms with Gasteiger partial charge in [0.2, 0.25) is 5.91 Å². The lowest BCUT2D eigenvalue weighted by Crippen LogP contribution is -2.71. The maximum absolute atomic E-state index is 13.3. The number of aromatic hydroxyl groups is 1. The van der Waals surface area contributed by atoms with Crippen molar-refractivity contribution in [2.24, 2.45) is 23.5 Å². The number of nitrogens with zero attached hydrogens (tertiary/aromatic N) is 1. The number of amides is 1. The fourth-order valence-electron chi connectivity index (χ4n) is 5.67. The minimum absolute atomic E-state index is 0.0166. The van der Waals surface area contributed by atoms with Crippen LogP contribution in [0.15, 0.2) is 23.8 Å². The summed E-state index contributed by atoms with van der Waals surface area (Å²) in [6, 6.07) is 1.83. The molecule has 3 unspecified atom stereocenters. The lowest BCUT2D eigenvalue weighted by Gasteiger charge is -2.53. The SMILES string of the molecule is C[C@H]1c2ccc(N)c(O)c2C(=O)C2=C[C@]3(O)C(=O)C(C(N)=O)C(=O)[C@@H](N(C)C)C3[C@@H](O)C21. The predicted molar refractivity (Wildman–Crippen MR) is 111 cm³/mol. The summed E-state index contributed by atoms with van der Waals surface area (Å²) in [5, 5.41) is 33.3. The third kappa shape index (κ3) is 2.63. The zero-order valence-electron chi connectivity index (χ0n) is 17.8. The highest BCUT2D eigenvalue weighted by molar-refractivity contribution is 6.25. The number of primary amides is 1. The molecule has 0 bridgehead atoms. The van der Waals surface area contributed by atoms with E-state index in [0.717, 1.165) is 6.08 Å². The first-order valence-electron chi connectivity index (χ1n) is 10.2. The number of fused-ring (bicyclic) bond motifs is 3. The molecular weight excluding hydrogens is 418 g/mol. The summed E-state index contributed by atoms with van der Waals surface area (Å²) in [5.74, 6) is -8.94. The topological polar surface area (TPSA) is 184 Å². The van der Waals surface area contributed by atoms with Crippen molar-refractivity contribution in [3.63, 3.8) is 0 Å². The molecule has 10 nitrogen and oxygen atoms in total. The standard InChI is InChI=1S/C22H25N3O7/c1-7-8-4-5-10(23)17(27)12(8)16(26)9-6-22(32)14(18(28)11(7)9)15(25(2)3)19(29)13(20(22)30)21(24)31/h4-7,11,13-15,18,27-28,32H,23H2,1-3H3,(H2,24,31)/t7-,11?,13?,14?,15-,18-,22+/m0/s1. The quantitative estimate of drug-likeness (QED) is 0.211. The highest BCUT2D eigenvalue weighted by Gasteiger charge is 2.66. The largest absolute Gasteiger partial charge is 0.505 e. The Morgan fingerprint density at radius 1 is 1.19 bits per heavy atom. The Kier molecular flexibility index (Phi) is 4.81. The van der Waals surface area contributed by atoms with Crippen molar-refractivity contribution in [2.75, 3.05) is 19.8 Å². The summed E-state index contributed by atoms with van der Waals surface area (Å²) >= 11 is 0. The van der Waals surface area contributed by atoms with Gasteiger partial charge in [-0.2, -0.15) is 0 Å². The summed E-state index contributed by atoms with van der Waals surface area (Å²) in [7, 11) is 3.04. The number of hydrogen-bond acceptors (Lipinski definition) is 9. The van der Waals surface area contributed by atoms with Crippen LogP contribution in [-0.4, -0.2) is 75.3 Å². The summed E-state index contributed by atoms with van der Waals surface area (Å²) < 4.78 is 0. The molecule has 0 spiro atoms. The van der Waals surface area contributed by atoms with E-state index in [1.54, 1.807) is 13.0 Å². The van der Waals surface area contributed by atoms with Crippen molar-refractivity contribution in [3.8, 4) is 5.75 Å². The molecule has 170 valence electrons. The van der Waals surface area contributed by atoms with E-state index in [2.05, 4.69) is 0 Å². The van der Waals surface area contributed by atoms with Crippen LogP contribution in [-0.2, 0) is 14.4 Å². The first kappa shape index (κ1) is 22.1. The number of benzene rings is 1. The predicted octanol–water partition coefficient (Wildman–Crippen LogP) is -1.28. The third-order valence-corrected chi connectivity index (χ3v) is 7.15. The molecule has 10 heteroatoms. The van der Waals surface area contributed by atoms with Crippen LogP contribution in [0.2, 0.25) is 0 Å². The Labute approximate surface area is 183 Å². The summed E-state index contributed by atoms with van der Waals surface area (Å²) in [5.41, 5.74) is 8.85. The molecule has 1 fully saturated rings. The summed E-state index contributed by atoms with van der Waals surface area (Å²) in [6.07, 6.45) is -0.457. The van der Waals surface area contributed by atoms with Crippen LogP contribution in [0, 0.1) is 17.8 Å². The van der Waals surface area contributed by atoms with Gasteiger partial charge < -0.3 is 26.8 Å².